The molecule has 0 spiro atoms. The Balaban J connectivity index is 2.92. The summed E-state index contributed by atoms with van der Waals surface area (Å²) in [7, 11) is -5.35. The minimum Gasteiger partial charge on any atom is -0.497 e. The van der Waals surface area contributed by atoms with Gasteiger partial charge in [0.1, 0.15) is 17.8 Å². The van der Waals surface area contributed by atoms with Crippen molar-refractivity contribution in [2.45, 2.75) is 39.1 Å². The quantitative estimate of drug-likeness (QED) is 0.213. The molecule has 1 heterocycles. The van der Waals surface area contributed by atoms with Crippen LogP contribution in [0.25, 0.3) is 0 Å². The van der Waals surface area contributed by atoms with E-state index in [1.165, 1.54) is 25.2 Å². The van der Waals surface area contributed by atoms with E-state index in [4.69, 9.17) is 39.8 Å². The third-order valence-electron chi connectivity index (χ3n) is 4.78. The monoisotopic (exact) mass is 552 g/mol. The molecule has 0 amide bonds. The molecule has 198 valence electrons. The molecule has 1 aromatic carbocycles. The van der Waals surface area contributed by atoms with Crippen LogP contribution in [0.4, 0.5) is 0 Å². The fourth-order valence-electron chi connectivity index (χ4n) is 3.51. The molecule has 0 aliphatic rings. The molecular formula is C20H34N4O8P2S. The van der Waals surface area contributed by atoms with Crippen LogP contribution in [0.1, 0.15) is 39.3 Å². The minimum atomic E-state index is -4.17. The Hall–Kier alpha value is -1.72. The van der Waals surface area contributed by atoms with Gasteiger partial charge in [0, 0.05) is 5.56 Å². The van der Waals surface area contributed by atoms with E-state index in [0.717, 1.165) is 0 Å². The zero-order valence-corrected chi connectivity index (χ0v) is 23.4. The second-order valence-corrected chi connectivity index (χ2v) is 12.0. The average molecular weight is 553 g/mol. The van der Waals surface area contributed by atoms with Crippen LogP contribution in [0.15, 0.2) is 24.5 Å². The zero-order chi connectivity index (χ0) is 26.1. The molecule has 1 unspecified atom stereocenters. The first-order chi connectivity index (χ1) is 16.7. The Kier molecular flexibility index (Phi) is 11.4. The fourth-order valence-corrected chi connectivity index (χ4v) is 9.23. The molecule has 12 nitrogen and oxygen atoms in total. The number of nitrogens with zero attached hydrogens (tertiary/aromatic N) is 2. The van der Waals surface area contributed by atoms with Crippen molar-refractivity contribution < 1.29 is 36.7 Å². The molecule has 2 rings (SSSR count). The van der Waals surface area contributed by atoms with Crippen molar-refractivity contribution in [3.05, 3.63) is 34.9 Å². The number of aromatic nitrogens is 3. The van der Waals surface area contributed by atoms with Crippen LogP contribution in [-0.2, 0) is 27.2 Å². The highest BCUT2D eigenvalue weighted by molar-refractivity contribution is 7.72. The summed E-state index contributed by atoms with van der Waals surface area (Å²) in [6.07, 6.45) is 1.39. The van der Waals surface area contributed by atoms with Gasteiger partial charge in [-0.05, 0) is 58.1 Å². The number of aromatic amines is 1. The molecule has 0 radical (unpaired) electrons. The molecule has 15 heteroatoms. The largest absolute Gasteiger partial charge is 0.497 e. The van der Waals surface area contributed by atoms with Crippen LogP contribution < -0.4 is 14.9 Å². The number of hydrogen-bond acceptors (Lipinski definition) is 11. The first-order valence-electron chi connectivity index (χ1n) is 11.1. The van der Waals surface area contributed by atoms with E-state index < -0.39 is 26.6 Å². The van der Waals surface area contributed by atoms with Gasteiger partial charge in [0.2, 0.25) is 4.77 Å². The topological polar surface area (TPSA) is 135 Å². The summed E-state index contributed by atoms with van der Waals surface area (Å²) in [5.74, 6) is 0.870. The third kappa shape index (κ3) is 6.95. The van der Waals surface area contributed by atoms with Crippen LogP contribution in [-0.4, -0.2) is 60.9 Å². The zero-order valence-electron chi connectivity index (χ0n) is 20.8. The van der Waals surface area contributed by atoms with E-state index >= 15 is 0 Å². The van der Waals surface area contributed by atoms with Crippen molar-refractivity contribution in [1.29, 1.82) is 0 Å². The van der Waals surface area contributed by atoms with E-state index in [0.29, 0.717) is 17.1 Å². The van der Waals surface area contributed by atoms with E-state index in [-0.39, 0.29) is 31.2 Å². The summed E-state index contributed by atoms with van der Waals surface area (Å²) in [5.41, 5.74) is 3.56. The first kappa shape index (κ1) is 29.5. The molecule has 1 aromatic heterocycles. The lowest BCUT2D eigenvalue weighted by atomic mass is 10.1. The molecule has 35 heavy (non-hydrogen) atoms. The van der Waals surface area contributed by atoms with Gasteiger partial charge in [-0.1, -0.05) is 0 Å². The highest BCUT2D eigenvalue weighted by Gasteiger charge is 2.56. The van der Waals surface area contributed by atoms with Gasteiger partial charge in [0.15, 0.2) is 5.40 Å². The standard InChI is InChI=1S/C20H34N4O8P2S/c1-7-29-33(25,30-8-2)19(34(26,31-9-3)32-10-4)18(23-24-14-21-22-20(24)35)16-13-15(27-5)11-12-17(16)28-6/h11-14,18-19,23H,7-10H2,1-6H3,(H,22,35). The van der Waals surface area contributed by atoms with Crippen molar-refractivity contribution in [3.8, 4) is 11.5 Å². The van der Waals surface area contributed by atoms with Crippen molar-refractivity contribution in [1.82, 2.24) is 14.9 Å². The molecule has 0 saturated carbocycles. The molecule has 0 fully saturated rings. The van der Waals surface area contributed by atoms with Crippen LogP contribution in [0.2, 0.25) is 0 Å². The number of nitrogens with one attached hydrogen (secondary N) is 2. The minimum absolute atomic E-state index is 0.0269. The van der Waals surface area contributed by atoms with Gasteiger partial charge in [-0.15, -0.1) is 0 Å². The Morgan fingerprint density at radius 3 is 1.91 bits per heavy atom. The highest BCUT2D eigenvalue weighted by Crippen LogP contribution is 2.74. The molecule has 2 N–H and O–H groups in total. The lowest BCUT2D eigenvalue weighted by Crippen LogP contribution is -2.34. The van der Waals surface area contributed by atoms with Crippen LogP contribution in [0.3, 0.4) is 0 Å². The first-order valence-corrected chi connectivity index (χ1v) is 14.7. The van der Waals surface area contributed by atoms with Gasteiger partial charge in [-0.2, -0.15) is 5.10 Å². The van der Waals surface area contributed by atoms with Crippen molar-refractivity contribution in [3.63, 3.8) is 0 Å². The third-order valence-corrected chi connectivity index (χ3v) is 11.1. The van der Waals surface area contributed by atoms with Gasteiger partial charge >= 0.3 is 15.2 Å². The lowest BCUT2D eigenvalue weighted by molar-refractivity contribution is 0.191. The average Bonchev–Trinajstić information content (AvgIpc) is 3.23. The van der Waals surface area contributed by atoms with Gasteiger partial charge in [-0.25, -0.2) is 4.68 Å². The normalized spacial score (nSPS) is 13.1. The number of ether oxygens (including phenoxy) is 2. The van der Waals surface area contributed by atoms with E-state index in [1.54, 1.807) is 45.9 Å². The van der Waals surface area contributed by atoms with Crippen molar-refractivity contribution >= 4 is 27.4 Å². The Bertz CT molecular complexity index is 1050. The summed E-state index contributed by atoms with van der Waals surface area (Å²) < 4.78 is 64.0. The maximum Gasteiger partial charge on any atom is 0.348 e. The summed E-state index contributed by atoms with van der Waals surface area (Å²) in [4.78, 5) is 0. The van der Waals surface area contributed by atoms with E-state index in [9.17, 15) is 9.13 Å². The highest BCUT2D eigenvalue weighted by atomic mass is 32.1. The van der Waals surface area contributed by atoms with Gasteiger partial charge in [0.05, 0.1) is 46.7 Å². The van der Waals surface area contributed by atoms with Crippen molar-refractivity contribution in [2.24, 2.45) is 0 Å². The predicted octanol–water partition coefficient (Wildman–Crippen LogP) is 5.10. The van der Waals surface area contributed by atoms with E-state index in [2.05, 4.69) is 15.6 Å². The predicted molar refractivity (Wildman–Crippen MR) is 135 cm³/mol. The molecule has 0 aliphatic heterocycles. The summed E-state index contributed by atoms with van der Waals surface area (Å²) in [5, 5.41) is 5.10. The summed E-state index contributed by atoms with van der Waals surface area (Å²) >= 11 is 5.31. The van der Waals surface area contributed by atoms with Crippen LogP contribution in [0, 0.1) is 4.77 Å². The second-order valence-electron chi connectivity index (χ2n) is 6.91. The number of methoxy groups -OCH3 is 2. The van der Waals surface area contributed by atoms with E-state index in [1.807, 2.05) is 0 Å². The van der Waals surface area contributed by atoms with Gasteiger partial charge < -0.3 is 33.0 Å². The molecule has 0 aliphatic carbocycles. The van der Waals surface area contributed by atoms with Gasteiger partial charge in [0.25, 0.3) is 0 Å². The molecule has 1 atom stereocenters. The number of H-pyrrole nitrogens is 1. The number of benzene rings is 1. The summed E-state index contributed by atoms with van der Waals surface area (Å²) in [6, 6.07) is 3.95. The van der Waals surface area contributed by atoms with Crippen LogP contribution >= 0.6 is 27.4 Å². The summed E-state index contributed by atoms with van der Waals surface area (Å²) in [6.45, 7) is 6.76. The number of rotatable bonds is 16. The Labute approximate surface area is 210 Å². The molecule has 0 saturated heterocycles. The molecular weight excluding hydrogens is 518 g/mol. The Morgan fingerprint density at radius 2 is 1.51 bits per heavy atom. The maximum atomic E-state index is 14.3. The SMILES string of the molecule is CCOP(=O)(OCC)C(C(Nn1cn[nH]c1=S)c1cc(OC)ccc1OC)P(=O)(OCC)OCC. The molecule has 2 aromatic rings. The maximum absolute atomic E-state index is 14.3. The van der Waals surface area contributed by atoms with Crippen LogP contribution in [0.5, 0.6) is 11.5 Å². The lowest BCUT2D eigenvalue weighted by Gasteiger charge is -2.37. The molecule has 0 bridgehead atoms. The van der Waals surface area contributed by atoms with Crippen molar-refractivity contribution in [2.75, 3.05) is 46.1 Å². The van der Waals surface area contributed by atoms with Gasteiger partial charge in [-0.3, -0.25) is 14.2 Å². The second kappa shape index (κ2) is 13.5. The Morgan fingerprint density at radius 1 is 0.971 bits per heavy atom. The smallest absolute Gasteiger partial charge is 0.348 e. The fraction of sp³-hybridized carbons (Fsp3) is 0.600. The number of hydrogen-bond donors (Lipinski definition) is 2.